The number of hydrogen-bond donors (Lipinski definition) is 1. The number of tetrazole rings is 1. The van der Waals surface area contributed by atoms with Gasteiger partial charge in [-0.25, -0.2) is 9.07 Å². The van der Waals surface area contributed by atoms with E-state index in [2.05, 4.69) is 58.5 Å². The number of anilines is 1. The van der Waals surface area contributed by atoms with Crippen molar-refractivity contribution in [3.63, 3.8) is 0 Å². The van der Waals surface area contributed by atoms with Crippen molar-refractivity contribution in [3.05, 3.63) is 101 Å². The smallest absolute Gasteiger partial charge is 0.174 e. The number of hydrogen-bond acceptors (Lipinski definition) is 5. The third-order valence-corrected chi connectivity index (χ3v) is 6.79. The Morgan fingerprint density at radius 3 is 2.54 bits per heavy atom. The van der Waals surface area contributed by atoms with Gasteiger partial charge in [0.2, 0.25) is 0 Å². The van der Waals surface area contributed by atoms with E-state index in [0.29, 0.717) is 0 Å². The number of aromatic hydroxyl groups is 1. The second kappa shape index (κ2) is 9.33. The number of nitrogens with zero attached hydrogens (tertiary/aromatic N) is 5. The fourth-order valence-corrected chi connectivity index (χ4v) is 4.97. The lowest BCUT2D eigenvalue weighted by Gasteiger charge is -2.48. The van der Waals surface area contributed by atoms with Gasteiger partial charge in [0, 0.05) is 18.8 Å². The van der Waals surface area contributed by atoms with Crippen LogP contribution in [-0.4, -0.2) is 31.9 Å². The monoisotopic (exact) mass is 469 g/mol. The number of phenolic OH excluding ortho intramolecular Hbond substituents is 1. The molecule has 35 heavy (non-hydrogen) atoms. The van der Waals surface area contributed by atoms with Crippen molar-refractivity contribution in [2.24, 2.45) is 0 Å². The van der Waals surface area contributed by atoms with Crippen LogP contribution in [0.5, 0.6) is 5.75 Å². The van der Waals surface area contributed by atoms with Crippen LogP contribution in [0.15, 0.2) is 66.7 Å². The van der Waals surface area contributed by atoms with Gasteiger partial charge < -0.3 is 10.0 Å². The fourth-order valence-electron chi connectivity index (χ4n) is 4.97. The first-order valence-corrected chi connectivity index (χ1v) is 11.9. The van der Waals surface area contributed by atoms with E-state index in [9.17, 15) is 9.50 Å². The van der Waals surface area contributed by atoms with Gasteiger partial charge in [-0.15, -0.1) is 5.10 Å². The predicted octanol–water partition coefficient (Wildman–Crippen LogP) is 5.42. The summed E-state index contributed by atoms with van der Waals surface area (Å²) in [6.07, 6.45) is 5.69. The summed E-state index contributed by atoms with van der Waals surface area (Å²) in [5.41, 5.74) is 4.87. The van der Waals surface area contributed by atoms with Crippen LogP contribution >= 0.6 is 0 Å². The average Bonchev–Trinajstić information content (AvgIpc) is 3.31. The van der Waals surface area contributed by atoms with Gasteiger partial charge >= 0.3 is 0 Å². The predicted molar refractivity (Wildman–Crippen MR) is 135 cm³/mol. The van der Waals surface area contributed by atoms with E-state index < -0.39 is 5.54 Å². The van der Waals surface area contributed by atoms with Crippen molar-refractivity contribution in [2.75, 3.05) is 11.4 Å². The summed E-state index contributed by atoms with van der Waals surface area (Å²) in [6.45, 7) is 5.81. The Kier molecular flexibility index (Phi) is 6.07. The van der Waals surface area contributed by atoms with Crippen molar-refractivity contribution in [2.45, 2.75) is 38.8 Å². The molecular formula is C28H28FN5O. The lowest BCUT2D eigenvalue weighted by molar-refractivity contribution is 0.463. The molecule has 1 unspecified atom stereocenters. The van der Waals surface area contributed by atoms with Gasteiger partial charge in [-0.2, -0.15) is 0 Å². The maximum Gasteiger partial charge on any atom is 0.174 e. The Hall–Kier alpha value is -4.00. The van der Waals surface area contributed by atoms with E-state index in [1.807, 2.05) is 36.4 Å². The summed E-state index contributed by atoms with van der Waals surface area (Å²) in [5, 5.41) is 22.0. The molecule has 0 aliphatic carbocycles. The summed E-state index contributed by atoms with van der Waals surface area (Å²) in [6, 6.07) is 20.7. The molecular weight excluding hydrogens is 441 g/mol. The quantitative estimate of drug-likeness (QED) is 0.408. The van der Waals surface area contributed by atoms with Crippen LogP contribution < -0.4 is 4.90 Å². The number of phenols is 1. The van der Waals surface area contributed by atoms with E-state index in [1.54, 1.807) is 10.7 Å². The summed E-state index contributed by atoms with van der Waals surface area (Å²) in [5.74, 6) is 0.748. The van der Waals surface area contributed by atoms with Crippen LogP contribution in [-0.2, 0) is 18.5 Å². The van der Waals surface area contributed by atoms with Crippen molar-refractivity contribution in [1.29, 1.82) is 0 Å². The number of rotatable bonds is 6. The Labute approximate surface area is 204 Å². The molecule has 2 heterocycles. The molecule has 1 N–H and O–H groups in total. The molecule has 7 heteroatoms. The summed E-state index contributed by atoms with van der Waals surface area (Å²) < 4.78 is 15.5. The maximum atomic E-state index is 13.7. The fraction of sp³-hybridized carbons (Fsp3) is 0.250. The minimum atomic E-state index is -0.493. The number of aromatic nitrogens is 4. The Balaban J connectivity index is 1.52. The van der Waals surface area contributed by atoms with Gasteiger partial charge in [-0.1, -0.05) is 43.3 Å². The zero-order valence-corrected chi connectivity index (χ0v) is 19.9. The van der Waals surface area contributed by atoms with Crippen LogP contribution in [0.1, 0.15) is 48.3 Å². The Morgan fingerprint density at radius 1 is 1.03 bits per heavy atom. The number of benzene rings is 3. The highest BCUT2D eigenvalue weighted by atomic mass is 19.1. The van der Waals surface area contributed by atoms with Crippen LogP contribution in [0.4, 0.5) is 10.1 Å². The third kappa shape index (κ3) is 4.30. The molecule has 0 fully saturated rings. The van der Waals surface area contributed by atoms with Crippen molar-refractivity contribution >= 4 is 17.8 Å². The van der Waals surface area contributed by atoms with E-state index in [-0.39, 0.29) is 11.6 Å². The summed E-state index contributed by atoms with van der Waals surface area (Å²) in [7, 11) is 0. The molecule has 3 aromatic carbocycles. The highest BCUT2D eigenvalue weighted by Crippen LogP contribution is 2.44. The minimum Gasteiger partial charge on any atom is -0.508 e. The first-order chi connectivity index (χ1) is 17.0. The van der Waals surface area contributed by atoms with Gasteiger partial charge in [0.1, 0.15) is 11.6 Å². The molecule has 0 saturated carbocycles. The number of fused-ring (bicyclic) bond motifs is 1. The molecule has 0 radical (unpaired) electrons. The molecule has 178 valence electrons. The molecule has 0 amide bonds. The molecule has 1 aromatic heterocycles. The summed E-state index contributed by atoms with van der Waals surface area (Å²) in [4.78, 5) is 2.32. The van der Waals surface area contributed by atoms with E-state index in [4.69, 9.17) is 0 Å². The van der Waals surface area contributed by atoms with E-state index in [0.717, 1.165) is 59.7 Å². The van der Waals surface area contributed by atoms with Crippen molar-refractivity contribution in [1.82, 2.24) is 20.2 Å². The van der Waals surface area contributed by atoms with Crippen LogP contribution in [0.3, 0.4) is 0 Å². The molecule has 5 rings (SSSR count). The largest absolute Gasteiger partial charge is 0.508 e. The van der Waals surface area contributed by atoms with Crippen molar-refractivity contribution < 1.29 is 9.50 Å². The zero-order valence-electron chi connectivity index (χ0n) is 19.9. The Bertz CT molecular complexity index is 1350. The Morgan fingerprint density at radius 2 is 1.80 bits per heavy atom. The molecule has 6 nitrogen and oxygen atoms in total. The molecule has 0 spiro atoms. The molecule has 0 saturated heterocycles. The number of aryl methyl sites for hydroxylation is 1. The lowest BCUT2D eigenvalue weighted by Crippen LogP contribution is -2.49. The average molecular weight is 470 g/mol. The maximum absolute atomic E-state index is 13.7. The second-order valence-electron chi connectivity index (χ2n) is 9.01. The highest BCUT2D eigenvalue weighted by molar-refractivity contribution is 5.67. The summed E-state index contributed by atoms with van der Waals surface area (Å²) >= 11 is 0. The zero-order chi connectivity index (χ0) is 24.4. The van der Waals surface area contributed by atoms with Crippen LogP contribution in [0.25, 0.3) is 12.2 Å². The SMILES string of the molecule is CCCn1nnnc1C=Cc1ccc(C2(C)c3ccc(O)cc3CCN2c2ccc(F)cc2)cc1. The van der Waals surface area contributed by atoms with E-state index >= 15 is 0 Å². The topological polar surface area (TPSA) is 67.1 Å². The van der Waals surface area contributed by atoms with Crippen LogP contribution in [0, 0.1) is 5.82 Å². The van der Waals surface area contributed by atoms with E-state index in [1.165, 1.54) is 12.1 Å². The van der Waals surface area contributed by atoms with Gasteiger partial charge in [0.05, 0.1) is 5.54 Å². The van der Waals surface area contributed by atoms with Gasteiger partial charge in [-0.3, -0.25) is 0 Å². The first kappa shape index (κ1) is 22.8. The van der Waals surface area contributed by atoms with Gasteiger partial charge in [-0.05, 0) is 94.9 Å². The lowest BCUT2D eigenvalue weighted by atomic mass is 9.76. The third-order valence-electron chi connectivity index (χ3n) is 6.79. The van der Waals surface area contributed by atoms with Gasteiger partial charge in [0.15, 0.2) is 5.82 Å². The first-order valence-electron chi connectivity index (χ1n) is 11.9. The normalized spacial score (nSPS) is 17.6. The molecule has 0 bridgehead atoms. The standard InChI is InChI=1S/C28H28FN5O/c1-3-17-34-27(30-31-32-34)15-6-20-4-7-22(8-5-20)28(2)26-14-13-25(35)19-21(26)16-18-33(28)24-11-9-23(29)10-12-24/h4-15,19,35H,3,16-18H2,1-2H3. The molecule has 1 aliphatic heterocycles. The second-order valence-corrected chi connectivity index (χ2v) is 9.01. The molecule has 4 aromatic rings. The van der Waals surface area contributed by atoms with Crippen LogP contribution in [0.2, 0.25) is 0 Å². The number of halogens is 1. The molecule has 1 atom stereocenters. The van der Waals surface area contributed by atoms with Gasteiger partial charge in [0.25, 0.3) is 0 Å². The highest BCUT2D eigenvalue weighted by Gasteiger charge is 2.40. The van der Waals surface area contributed by atoms with Crippen molar-refractivity contribution in [3.8, 4) is 5.75 Å². The minimum absolute atomic E-state index is 0.251. The molecule has 1 aliphatic rings.